The summed E-state index contributed by atoms with van der Waals surface area (Å²) in [6.07, 6.45) is 3.67. The van der Waals surface area contributed by atoms with Crippen molar-refractivity contribution >= 4 is 23.6 Å². The zero-order chi connectivity index (χ0) is 37.5. The van der Waals surface area contributed by atoms with E-state index in [1.54, 1.807) is 58.8 Å². The van der Waals surface area contributed by atoms with Crippen LogP contribution in [0.1, 0.15) is 23.5 Å². The fourth-order valence-electron chi connectivity index (χ4n) is 5.03. The van der Waals surface area contributed by atoms with Crippen LogP contribution in [0.2, 0.25) is 0 Å². The maximum absolute atomic E-state index is 13.1. The maximum atomic E-state index is 13.1. The van der Waals surface area contributed by atoms with Crippen molar-refractivity contribution in [3.05, 3.63) is 71.6 Å². The Morgan fingerprint density at radius 1 is 0.745 bits per heavy atom. The summed E-state index contributed by atoms with van der Waals surface area (Å²) >= 11 is 0. The third-order valence-electron chi connectivity index (χ3n) is 7.87. The van der Waals surface area contributed by atoms with Crippen LogP contribution < -0.4 is 33.7 Å². The molecule has 278 valence electrons. The molecule has 1 N–H and O–H groups in total. The average Bonchev–Trinajstić information content (AvgIpc) is 3.92. The number of carbonyl (C=O) groups is 2. The van der Waals surface area contributed by atoms with Crippen LogP contribution in [-0.4, -0.2) is 112 Å². The second-order valence-corrected chi connectivity index (χ2v) is 12.0. The van der Waals surface area contributed by atoms with Gasteiger partial charge in [-0.2, -0.15) is 0 Å². The summed E-state index contributed by atoms with van der Waals surface area (Å²) in [4.78, 5) is 27.9. The number of carbonyl (C=O) groups excluding carboxylic acids is 2. The van der Waals surface area contributed by atoms with E-state index in [1.165, 1.54) is 25.3 Å². The number of nitrogens with one attached hydrogen (secondary N) is 1. The molecule has 0 radical (unpaired) electrons. The molecule has 1 aliphatic carbocycles. The summed E-state index contributed by atoms with van der Waals surface area (Å²) in [5.74, 6) is 2.34. The number of nitrogens with zero attached hydrogens (tertiary/aromatic N) is 2. The second kappa shape index (κ2) is 20.0. The lowest BCUT2D eigenvalue weighted by molar-refractivity contribution is -0.134. The minimum absolute atomic E-state index is 0.0320. The SMILES string of the molecule is COC(=O)/C=C/c1ccc(OC)c(OC)c1OCCN(C)C.COc1ccc(C2CC2C(=O)Nc2ccc(F)cc2)c(OCCN(C)C)c1OC. The molecule has 13 heteroatoms. The highest BCUT2D eigenvalue weighted by molar-refractivity contribution is 5.95. The Morgan fingerprint density at radius 2 is 1.29 bits per heavy atom. The van der Waals surface area contributed by atoms with E-state index in [9.17, 15) is 14.0 Å². The monoisotopic (exact) mass is 711 g/mol. The van der Waals surface area contributed by atoms with Gasteiger partial charge < -0.3 is 48.3 Å². The Bertz CT molecular complexity index is 1610. The van der Waals surface area contributed by atoms with E-state index >= 15 is 0 Å². The molecule has 1 fully saturated rings. The number of benzene rings is 3. The molecule has 12 nitrogen and oxygen atoms in total. The highest BCUT2D eigenvalue weighted by Crippen LogP contribution is 2.54. The molecule has 0 spiro atoms. The number of likely N-dealkylation sites (N-methyl/N-ethyl adjacent to an activating group) is 2. The molecular formula is C38H50FN3O9. The highest BCUT2D eigenvalue weighted by Gasteiger charge is 2.46. The van der Waals surface area contributed by atoms with Gasteiger partial charge in [0.25, 0.3) is 0 Å². The Morgan fingerprint density at radius 3 is 1.82 bits per heavy atom. The quantitative estimate of drug-likeness (QED) is 0.144. The summed E-state index contributed by atoms with van der Waals surface area (Å²) in [5, 5.41) is 2.85. The predicted octanol–water partition coefficient (Wildman–Crippen LogP) is 5.36. The van der Waals surface area contributed by atoms with E-state index < -0.39 is 5.97 Å². The number of amides is 1. The van der Waals surface area contributed by atoms with Crippen molar-refractivity contribution in [1.82, 2.24) is 9.80 Å². The van der Waals surface area contributed by atoms with Crippen LogP contribution in [0.4, 0.5) is 10.1 Å². The van der Waals surface area contributed by atoms with Gasteiger partial charge in [0.15, 0.2) is 23.0 Å². The molecule has 0 aliphatic heterocycles. The number of halogens is 1. The van der Waals surface area contributed by atoms with Crippen molar-refractivity contribution in [2.24, 2.45) is 5.92 Å². The minimum Gasteiger partial charge on any atom is -0.493 e. The summed E-state index contributed by atoms with van der Waals surface area (Å²) in [6.45, 7) is 2.47. The van der Waals surface area contributed by atoms with Crippen molar-refractivity contribution in [2.45, 2.75) is 12.3 Å². The number of methoxy groups -OCH3 is 5. The molecule has 2 atom stereocenters. The number of ether oxygens (including phenoxy) is 7. The van der Waals surface area contributed by atoms with Gasteiger partial charge in [-0.1, -0.05) is 6.07 Å². The first kappa shape index (κ1) is 40.4. The molecule has 3 aromatic rings. The third-order valence-corrected chi connectivity index (χ3v) is 7.87. The van der Waals surface area contributed by atoms with Crippen molar-refractivity contribution < 1.29 is 47.1 Å². The number of anilines is 1. The van der Waals surface area contributed by atoms with Crippen LogP contribution in [0, 0.1) is 11.7 Å². The van der Waals surface area contributed by atoms with Crippen molar-refractivity contribution in [3.63, 3.8) is 0 Å². The molecule has 0 saturated heterocycles. The Kier molecular flexibility index (Phi) is 15.8. The van der Waals surface area contributed by atoms with Gasteiger partial charge >= 0.3 is 5.97 Å². The van der Waals surface area contributed by atoms with Gasteiger partial charge in [0, 0.05) is 47.8 Å². The lowest BCUT2D eigenvalue weighted by Gasteiger charge is -2.19. The van der Waals surface area contributed by atoms with Gasteiger partial charge in [0.05, 0.1) is 35.5 Å². The Labute approximate surface area is 300 Å². The fourth-order valence-corrected chi connectivity index (χ4v) is 5.03. The van der Waals surface area contributed by atoms with Gasteiger partial charge in [-0.15, -0.1) is 0 Å². The molecule has 1 amide bonds. The zero-order valence-corrected chi connectivity index (χ0v) is 30.9. The molecule has 0 aromatic heterocycles. The highest BCUT2D eigenvalue weighted by atomic mass is 19.1. The molecule has 0 bridgehead atoms. The van der Waals surface area contributed by atoms with Gasteiger partial charge in [-0.25, -0.2) is 9.18 Å². The number of esters is 1. The smallest absolute Gasteiger partial charge is 0.330 e. The Balaban J connectivity index is 0.000000287. The first-order valence-electron chi connectivity index (χ1n) is 16.3. The van der Waals surface area contributed by atoms with Crippen LogP contribution in [0.25, 0.3) is 6.08 Å². The first-order chi connectivity index (χ1) is 24.5. The summed E-state index contributed by atoms with van der Waals surface area (Å²) < 4.78 is 51.1. The normalized spacial score (nSPS) is 14.7. The minimum atomic E-state index is -0.436. The maximum Gasteiger partial charge on any atom is 0.330 e. The molecular weight excluding hydrogens is 661 g/mol. The van der Waals surface area contributed by atoms with Gasteiger partial charge in [0.1, 0.15) is 19.0 Å². The van der Waals surface area contributed by atoms with E-state index in [1.807, 2.05) is 50.1 Å². The molecule has 3 aromatic carbocycles. The lowest BCUT2D eigenvalue weighted by atomic mass is 10.1. The van der Waals surface area contributed by atoms with E-state index in [0.29, 0.717) is 65.4 Å². The van der Waals surface area contributed by atoms with Crippen LogP contribution in [0.3, 0.4) is 0 Å². The molecule has 4 rings (SSSR count). The first-order valence-corrected chi connectivity index (χ1v) is 16.3. The third kappa shape index (κ3) is 11.8. The number of hydrogen-bond acceptors (Lipinski definition) is 11. The summed E-state index contributed by atoms with van der Waals surface area (Å²) in [7, 11) is 15.5. The van der Waals surface area contributed by atoms with Gasteiger partial charge in [-0.3, -0.25) is 4.79 Å². The van der Waals surface area contributed by atoms with Crippen LogP contribution in [0.5, 0.6) is 34.5 Å². The van der Waals surface area contributed by atoms with E-state index in [0.717, 1.165) is 18.7 Å². The van der Waals surface area contributed by atoms with Crippen molar-refractivity contribution in [3.8, 4) is 34.5 Å². The summed E-state index contributed by atoms with van der Waals surface area (Å²) in [6, 6.07) is 13.1. The van der Waals surface area contributed by atoms with Crippen LogP contribution in [0.15, 0.2) is 54.6 Å². The largest absolute Gasteiger partial charge is 0.493 e. The Hall–Kier alpha value is -5.01. The zero-order valence-electron chi connectivity index (χ0n) is 30.9. The molecule has 2 unspecified atom stereocenters. The lowest BCUT2D eigenvalue weighted by Crippen LogP contribution is -2.20. The van der Waals surface area contributed by atoms with Crippen molar-refractivity contribution in [1.29, 1.82) is 0 Å². The summed E-state index contributed by atoms with van der Waals surface area (Å²) in [5.41, 5.74) is 2.22. The van der Waals surface area contributed by atoms with E-state index in [-0.39, 0.29) is 23.6 Å². The van der Waals surface area contributed by atoms with Gasteiger partial charge in [0.2, 0.25) is 17.4 Å². The van der Waals surface area contributed by atoms with Crippen molar-refractivity contribution in [2.75, 3.05) is 95.4 Å². The fraction of sp³-hybridized carbons (Fsp3) is 0.421. The molecule has 1 saturated carbocycles. The molecule has 51 heavy (non-hydrogen) atoms. The van der Waals surface area contributed by atoms with Gasteiger partial charge in [-0.05, 0) is 83.2 Å². The standard InChI is InChI=1S/C22H27FN2O4.C16H23NO5/c1-25(2)11-12-29-20-16(9-10-19(27-3)21(20)28-4)17-13-18(17)22(26)24-15-7-5-14(23)6-8-15;1-17(2)10-11-22-15-12(7-9-14(18)20-4)6-8-13(19-3)16(15)21-5/h5-10,17-18H,11-13H2,1-4H3,(H,24,26);6-9H,10-11H2,1-5H3/b;9-7+. The molecule has 1 aliphatic rings. The topological polar surface area (TPSA) is 117 Å². The van der Waals surface area contributed by atoms with Crippen LogP contribution >= 0.6 is 0 Å². The average molecular weight is 712 g/mol. The number of hydrogen-bond donors (Lipinski definition) is 1. The van der Waals surface area contributed by atoms with E-state index in [4.69, 9.17) is 28.4 Å². The van der Waals surface area contributed by atoms with E-state index in [2.05, 4.69) is 10.1 Å². The molecule has 0 heterocycles. The number of rotatable bonds is 17. The second-order valence-electron chi connectivity index (χ2n) is 12.0. The van der Waals surface area contributed by atoms with Crippen LogP contribution in [-0.2, 0) is 14.3 Å². The predicted molar refractivity (Wildman–Crippen MR) is 194 cm³/mol.